The quantitative estimate of drug-likeness (QED) is 0.519. The van der Waals surface area contributed by atoms with Crippen LogP contribution in [0.15, 0.2) is 12.2 Å². The topological polar surface area (TPSA) is 98.5 Å². The van der Waals surface area contributed by atoms with Crippen molar-refractivity contribution in [1.29, 1.82) is 0 Å². The Labute approximate surface area is 103 Å². The normalized spacial score (nSPS) is 10.1. The third-order valence-electron chi connectivity index (χ3n) is 1.42. The molecule has 0 aromatic carbocycles. The van der Waals surface area contributed by atoms with E-state index in [2.05, 4.69) is 29.9 Å². The van der Waals surface area contributed by atoms with Crippen molar-refractivity contribution in [3.63, 3.8) is 0 Å². The van der Waals surface area contributed by atoms with Gasteiger partial charge >= 0.3 is 16.1 Å². The maximum atomic E-state index is 10.8. The molecule has 3 N–H and O–H groups in total. The van der Waals surface area contributed by atoms with Crippen LogP contribution in [0, 0.1) is 0 Å². The number of carbonyl (C=O) groups is 1. The van der Waals surface area contributed by atoms with Gasteiger partial charge in [-0.3, -0.25) is 0 Å². The van der Waals surface area contributed by atoms with Gasteiger partial charge in [0.1, 0.15) is 0 Å². The fraction of sp³-hybridized carbons (Fsp3) is 0.700. The monoisotopic (exact) mass is 266 g/mol. The van der Waals surface area contributed by atoms with Crippen molar-refractivity contribution in [2.24, 2.45) is 5.73 Å². The molecule has 0 radical (unpaired) electrons. The Morgan fingerprint density at radius 3 is 2.06 bits per heavy atom. The van der Waals surface area contributed by atoms with Gasteiger partial charge in [0.15, 0.2) is 0 Å². The summed E-state index contributed by atoms with van der Waals surface area (Å²) in [6.45, 7) is 10.9. The fourth-order valence-electron chi connectivity index (χ4n) is 0.622. The van der Waals surface area contributed by atoms with Crippen LogP contribution in [0.1, 0.15) is 20.8 Å². The standard InChI is InChI=1S/C6H11NO4S.C4H11N/c1-5(2)6(8)11-12(9,10)4-3-7;1-3-5-4-2/h1,3-4,7H2,2H3;5H,3-4H2,1-2H3. The summed E-state index contributed by atoms with van der Waals surface area (Å²) in [6, 6.07) is 0. The molecule has 0 aromatic rings. The van der Waals surface area contributed by atoms with Crippen molar-refractivity contribution in [2.75, 3.05) is 25.4 Å². The summed E-state index contributed by atoms with van der Waals surface area (Å²) in [5.74, 6) is -1.31. The van der Waals surface area contributed by atoms with Crippen LogP contribution in [0.5, 0.6) is 0 Å². The maximum absolute atomic E-state index is 10.8. The summed E-state index contributed by atoms with van der Waals surface area (Å²) in [6.07, 6.45) is 0. The van der Waals surface area contributed by atoms with Crippen molar-refractivity contribution in [1.82, 2.24) is 5.32 Å². The first-order valence-corrected chi connectivity index (χ1v) is 6.91. The molecule has 0 aliphatic heterocycles. The van der Waals surface area contributed by atoms with Crippen molar-refractivity contribution in [3.8, 4) is 0 Å². The van der Waals surface area contributed by atoms with Crippen LogP contribution in [0.3, 0.4) is 0 Å². The summed E-state index contributed by atoms with van der Waals surface area (Å²) in [4.78, 5) is 10.7. The molecule has 0 rings (SSSR count). The molecule has 0 heterocycles. The van der Waals surface area contributed by atoms with E-state index < -0.39 is 16.1 Å². The molecule has 0 spiro atoms. The third kappa shape index (κ3) is 13.0. The summed E-state index contributed by atoms with van der Waals surface area (Å²) >= 11 is 0. The van der Waals surface area contributed by atoms with Gasteiger partial charge in [0.05, 0.1) is 5.75 Å². The minimum Gasteiger partial charge on any atom is -0.342 e. The van der Waals surface area contributed by atoms with Crippen LogP contribution in [0.25, 0.3) is 0 Å². The van der Waals surface area contributed by atoms with E-state index in [9.17, 15) is 13.2 Å². The number of hydrogen-bond donors (Lipinski definition) is 2. The van der Waals surface area contributed by atoms with E-state index in [-0.39, 0.29) is 17.9 Å². The largest absolute Gasteiger partial charge is 0.348 e. The van der Waals surface area contributed by atoms with E-state index >= 15 is 0 Å². The molecule has 0 aliphatic rings. The van der Waals surface area contributed by atoms with Crippen molar-refractivity contribution in [3.05, 3.63) is 12.2 Å². The van der Waals surface area contributed by atoms with Crippen LogP contribution in [-0.4, -0.2) is 39.8 Å². The average molecular weight is 266 g/mol. The fourth-order valence-corrected chi connectivity index (χ4v) is 1.37. The molecule has 0 saturated heterocycles. The van der Waals surface area contributed by atoms with Gasteiger partial charge in [0.25, 0.3) is 0 Å². The molecule has 0 fully saturated rings. The SMILES string of the molecule is C=C(C)C(=O)OS(=O)(=O)CCN.CCNCC. The Morgan fingerprint density at radius 1 is 1.35 bits per heavy atom. The van der Waals surface area contributed by atoms with Crippen molar-refractivity contribution >= 4 is 16.1 Å². The van der Waals surface area contributed by atoms with Gasteiger partial charge in [0, 0.05) is 12.1 Å². The summed E-state index contributed by atoms with van der Waals surface area (Å²) < 4.78 is 25.7. The zero-order valence-electron chi connectivity index (χ0n) is 10.7. The van der Waals surface area contributed by atoms with Gasteiger partial charge in [0.2, 0.25) is 0 Å². The Kier molecular flexibility index (Phi) is 11.1. The lowest BCUT2D eigenvalue weighted by Crippen LogP contribution is -2.21. The van der Waals surface area contributed by atoms with E-state index in [1.807, 2.05) is 0 Å². The first kappa shape index (κ1) is 18.4. The molecular weight excluding hydrogens is 244 g/mol. The Balaban J connectivity index is 0. The highest BCUT2D eigenvalue weighted by Gasteiger charge is 2.15. The van der Waals surface area contributed by atoms with Gasteiger partial charge in [-0.1, -0.05) is 20.4 Å². The third-order valence-corrected chi connectivity index (χ3v) is 2.56. The molecule has 0 aliphatic carbocycles. The van der Waals surface area contributed by atoms with Crippen LogP contribution >= 0.6 is 0 Å². The Bertz CT molecular complexity index is 323. The molecule has 0 amide bonds. The highest BCUT2D eigenvalue weighted by atomic mass is 32.2. The minimum atomic E-state index is -3.81. The Morgan fingerprint density at radius 2 is 1.82 bits per heavy atom. The van der Waals surface area contributed by atoms with Gasteiger partial charge in [-0.2, -0.15) is 8.42 Å². The molecule has 17 heavy (non-hydrogen) atoms. The second-order valence-corrected chi connectivity index (χ2v) is 4.85. The summed E-state index contributed by atoms with van der Waals surface area (Å²) in [5.41, 5.74) is 5.01. The van der Waals surface area contributed by atoms with E-state index in [0.29, 0.717) is 0 Å². The average Bonchev–Trinajstić information content (AvgIpc) is 2.18. The van der Waals surface area contributed by atoms with Gasteiger partial charge < -0.3 is 15.2 Å². The molecule has 0 atom stereocenters. The lowest BCUT2D eigenvalue weighted by Gasteiger charge is -2.02. The molecule has 102 valence electrons. The number of hydrogen-bond acceptors (Lipinski definition) is 6. The zero-order valence-corrected chi connectivity index (χ0v) is 11.5. The van der Waals surface area contributed by atoms with Crippen LogP contribution in [-0.2, 0) is 19.1 Å². The lowest BCUT2D eigenvalue weighted by atomic mass is 10.4. The smallest absolute Gasteiger partial charge is 0.342 e. The number of carbonyl (C=O) groups excluding carboxylic acids is 1. The van der Waals surface area contributed by atoms with Crippen LogP contribution in [0.4, 0.5) is 0 Å². The molecule has 0 bridgehead atoms. The first-order chi connectivity index (χ1) is 7.80. The van der Waals surface area contributed by atoms with E-state index in [1.54, 1.807) is 0 Å². The van der Waals surface area contributed by atoms with Crippen molar-refractivity contribution < 1.29 is 17.4 Å². The summed E-state index contributed by atoms with van der Waals surface area (Å²) in [7, 11) is -3.81. The highest BCUT2D eigenvalue weighted by Crippen LogP contribution is 1.98. The van der Waals surface area contributed by atoms with E-state index in [1.165, 1.54) is 6.92 Å². The molecule has 6 nitrogen and oxygen atoms in total. The number of nitrogens with one attached hydrogen (secondary N) is 1. The summed E-state index contributed by atoms with van der Waals surface area (Å²) in [5, 5.41) is 3.11. The van der Waals surface area contributed by atoms with Gasteiger partial charge in [-0.05, 0) is 20.0 Å². The van der Waals surface area contributed by atoms with Crippen molar-refractivity contribution in [2.45, 2.75) is 20.8 Å². The number of rotatable bonds is 6. The van der Waals surface area contributed by atoms with E-state index in [0.717, 1.165) is 13.1 Å². The second kappa shape index (κ2) is 10.2. The number of nitrogens with two attached hydrogens (primary N) is 1. The second-order valence-electron chi connectivity index (χ2n) is 3.16. The van der Waals surface area contributed by atoms with Crippen LogP contribution in [0.2, 0.25) is 0 Å². The van der Waals surface area contributed by atoms with E-state index in [4.69, 9.17) is 5.73 Å². The van der Waals surface area contributed by atoms with Crippen LogP contribution < -0.4 is 11.1 Å². The lowest BCUT2D eigenvalue weighted by molar-refractivity contribution is -0.129. The molecule has 0 unspecified atom stereocenters. The van der Waals surface area contributed by atoms with Gasteiger partial charge in [-0.25, -0.2) is 4.79 Å². The highest BCUT2D eigenvalue weighted by molar-refractivity contribution is 7.87. The zero-order chi connectivity index (χ0) is 13.9. The predicted octanol–water partition coefficient (Wildman–Crippen LogP) is 0.0100. The maximum Gasteiger partial charge on any atom is 0.348 e. The molecule has 0 aromatic heterocycles. The molecular formula is C10H22N2O4S. The molecule has 0 saturated carbocycles. The molecule has 7 heteroatoms. The Hall–Kier alpha value is -0.920. The minimum absolute atomic E-state index is 0.0376. The van der Waals surface area contributed by atoms with Gasteiger partial charge in [-0.15, -0.1) is 0 Å². The predicted molar refractivity (Wildman–Crippen MR) is 68.0 cm³/mol. The first-order valence-electron chi connectivity index (χ1n) is 5.33.